The maximum Gasteiger partial charge on any atom is 0.407 e. The van der Waals surface area contributed by atoms with Crippen LogP contribution in [0.2, 0.25) is 0 Å². The zero-order chi connectivity index (χ0) is 28.9. The number of amides is 1. The van der Waals surface area contributed by atoms with Crippen molar-refractivity contribution in [2.24, 2.45) is 21.1 Å². The van der Waals surface area contributed by atoms with Crippen molar-refractivity contribution in [2.45, 2.75) is 39.2 Å². The molecule has 0 bridgehead atoms. The van der Waals surface area contributed by atoms with E-state index in [0.717, 1.165) is 10.1 Å². The molecule has 0 atom stereocenters. The van der Waals surface area contributed by atoms with Crippen LogP contribution in [0.15, 0.2) is 21.7 Å². The lowest BCUT2D eigenvalue weighted by Crippen LogP contribution is -2.37. The normalized spacial score (nSPS) is 11.7. The first-order valence-electron chi connectivity index (χ1n) is 12.5. The fourth-order valence-electron chi connectivity index (χ4n) is 3.90. The van der Waals surface area contributed by atoms with Crippen molar-refractivity contribution in [3.8, 4) is 17.2 Å². The van der Waals surface area contributed by atoms with Gasteiger partial charge in [-0.2, -0.15) is 0 Å². The van der Waals surface area contributed by atoms with Crippen LogP contribution in [0.4, 0.5) is 4.79 Å². The number of hydrogen-bond donors (Lipinski definition) is 1. The Labute approximate surface area is 226 Å². The predicted octanol–water partition coefficient (Wildman–Crippen LogP) is 2.84. The highest BCUT2D eigenvalue weighted by molar-refractivity contribution is 5.77. The molecule has 12 nitrogen and oxygen atoms in total. The number of ether oxygens (including phenoxy) is 4. The first kappa shape index (κ1) is 29.3. The molecule has 0 spiro atoms. The molecule has 3 aromatic rings. The number of methoxy groups -OCH3 is 2. The molecule has 2 aromatic heterocycles. The van der Waals surface area contributed by atoms with Gasteiger partial charge in [-0.1, -0.05) is 6.08 Å². The summed E-state index contributed by atoms with van der Waals surface area (Å²) in [6.07, 6.45) is 4.51. The molecule has 0 saturated heterocycles. The predicted molar refractivity (Wildman–Crippen MR) is 149 cm³/mol. The second kappa shape index (κ2) is 12.1. The number of fused-ring (bicyclic) bond motifs is 1. The number of unbranched alkanes of at least 4 members (excludes halogenated alkanes) is 1. The van der Waals surface area contributed by atoms with Gasteiger partial charge in [0.25, 0.3) is 5.56 Å². The Morgan fingerprint density at radius 3 is 2.21 bits per heavy atom. The number of hydrogen-bond acceptors (Lipinski definition) is 8. The van der Waals surface area contributed by atoms with Crippen LogP contribution in [0.5, 0.6) is 17.2 Å². The van der Waals surface area contributed by atoms with E-state index < -0.39 is 22.9 Å². The van der Waals surface area contributed by atoms with Crippen LogP contribution in [-0.4, -0.2) is 57.8 Å². The van der Waals surface area contributed by atoms with Crippen molar-refractivity contribution in [1.82, 2.24) is 24.0 Å². The van der Waals surface area contributed by atoms with Crippen LogP contribution < -0.4 is 30.8 Å². The zero-order valence-corrected chi connectivity index (χ0v) is 23.8. The Kier molecular flexibility index (Phi) is 9.10. The topological polar surface area (TPSA) is 128 Å². The quantitative estimate of drug-likeness (QED) is 0.387. The Balaban J connectivity index is 1.72. The summed E-state index contributed by atoms with van der Waals surface area (Å²) in [6, 6.07) is 3.60. The van der Waals surface area contributed by atoms with Crippen molar-refractivity contribution >= 4 is 29.4 Å². The van der Waals surface area contributed by atoms with Gasteiger partial charge in [0.05, 0.1) is 20.8 Å². The molecule has 212 valence electrons. The van der Waals surface area contributed by atoms with Crippen LogP contribution >= 0.6 is 0 Å². The maximum absolute atomic E-state index is 12.6. The third kappa shape index (κ3) is 6.81. The van der Waals surface area contributed by atoms with E-state index in [4.69, 9.17) is 18.9 Å². The van der Waals surface area contributed by atoms with Gasteiger partial charge in [0.15, 0.2) is 22.7 Å². The summed E-state index contributed by atoms with van der Waals surface area (Å²) in [5, 5.41) is 2.73. The maximum atomic E-state index is 12.6. The molecular weight excluding hydrogens is 506 g/mol. The molecule has 1 N–H and O–H groups in total. The van der Waals surface area contributed by atoms with E-state index in [-0.39, 0.29) is 0 Å². The number of alkyl carbamates (subject to hydrolysis) is 1. The zero-order valence-electron chi connectivity index (χ0n) is 23.8. The van der Waals surface area contributed by atoms with Crippen LogP contribution in [-0.2, 0) is 25.9 Å². The monoisotopic (exact) mass is 543 g/mol. The fraction of sp³-hybridized carbons (Fsp3) is 0.481. The van der Waals surface area contributed by atoms with E-state index in [0.29, 0.717) is 60.2 Å². The highest BCUT2D eigenvalue weighted by atomic mass is 16.6. The lowest BCUT2D eigenvalue weighted by Gasteiger charge is -2.19. The summed E-state index contributed by atoms with van der Waals surface area (Å²) in [7, 11) is 7.83. The lowest BCUT2D eigenvalue weighted by molar-refractivity contribution is 0.0526. The average molecular weight is 544 g/mol. The fourth-order valence-corrected chi connectivity index (χ4v) is 3.90. The lowest BCUT2D eigenvalue weighted by atomic mass is 10.1. The molecule has 12 heteroatoms. The van der Waals surface area contributed by atoms with E-state index >= 15 is 0 Å². The number of aromatic nitrogens is 4. The molecule has 0 fully saturated rings. The minimum Gasteiger partial charge on any atom is -0.493 e. The standard InChI is InChI=1S/C27H37N5O7/c1-27(2,3)39-25(34)28-13-9-10-14-38-22-18(36-7)15-17(16-19(22)37-8)11-12-20-29-23-21(30(20)4)24(33)32(6)26(35)31(23)5/h11-12,15-16H,9-10,13-14H2,1-8H3,(H,28,34)/b12-11+. The molecule has 1 aromatic carbocycles. The summed E-state index contributed by atoms with van der Waals surface area (Å²) >= 11 is 0. The van der Waals surface area contributed by atoms with Crippen molar-refractivity contribution in [2.75, 3.05) is 27.4 Å². The first-order valence-corrected chi connectivity index (χ1v) is 12.5. The second-order valence-electron chi connectivity index (χ2n) is 9.98. The summed E-state index contributed by atoms with van der Waals surface area (Å²) < 4.78 is 26.3. The molecule has 0 aliphatic heterocycles. The number of imidazole rings is 1. The van der Waals surface area contributed by atoms with Crippen LogP contribution in [0.3, 0.4) is 0 Å². The molecule has 39 heavy (non-hydrogen) atoms. The van der Waals surface area contributed by atoms with Gasteiger partial charge < -0.3 is 28.8 Å². The van der Waals surface area contributed by atoms with Crippen LogP contribution in [0.1, 0.15) is 45.0 Å². The minimum absolute atomic E-state index is 0.311. The van der Waals surface area contributed by atoms with Crippen molar-refractivity contribution in [3.63, 3.8) is 0 Å². The van der Waals surface area contributed by atoms with Gasteiger partial charge in [0.1, 0.15) is 11.4 Å². The van der Waals surface area contributed by atoms with Gasteiger partial charge in [0, 0.05) is 27.7 Å². The summed E-state index contributed by atoms with van der Waals surface area (Å²) in [4.78, 5) is 41.1. The summed E-state index contributed by atoms with van der Waals surface area (Å²) in [5.74, 6) is 1.95. The Morgan fingerprint density at radius 2 is 1.62 bits per heavy atom. The average Bonchev–Trinajstić information content (AvgIpc) is 3.21. The van der Waals surface area contributed by atoms with Gasteiger partial charge in [-0.3, -0.25) is 13.9 Å². The molecule has 3 rings (SSSR count). The van der Waals surface area contributed by atoms with Gasteiger partial charge in [-0.05, 0) is 57.4 Å². The van der Waals surface area contributed by atoms with Crippen molar-refractivity contribution in [3.05, 3.63) is 44.4 Å². The number of nitrogens with one attached hydrogen (secondary N) is 1. The van der Waals surface area contributed by atoms with Gasteiger partial charge in [0.2, 0.25) is 5.75 Å². The van der Waals surface area contributed by atoms with E-state index in [2.05, 4.69) is 10.3 Å². The smallest absolute Gasteiger partial charge is 0.407 e. The minimum atomic E-state index is -0.536. The molecule has 0 aliphatic carbocycles. The first-order chi connectivity index (χ1) is 18.4. The highest BCUT2D eigenvalue weighted by Gasteiger charge is 2.17. The molecular formula is C27H37N5O7. The van der Waals surface area contributed by atoms with Gasteiger partial charge >= 0.3 is 11.8 Å². The number of aryl methyl sites for hydroxylation is 2. The van der Waals surface area contributed by atoms with Crippen molar-refractivity contribution < 1.29 is 23.7 Å². The molecule has 0 radical (unpaired) electrons. The third-order valence-corrected chi connectivity index (χ3v) is 5.90. The Bertz CT molecular complexity index is 1470. The SMILES string of the molecule is COc1cc(/C=C/c2nc3c(c(=O)n(C)c(=O)n3C)n2C)cc(OC)c1OCCCCNC(=O)OC(C)(C)C. The number of rotatable bonds is 10. The molecule has 2 heterocycles. The Morgan fingerprint density at radius 1 is 0.974 bits per heavy atom. The molecule has 0 aliphatic rings. The summed E-state index contributed by atoms with van der Waals surface area (Å²) in [6.45, 7) is 6.31. The van der Waals surface area contributed by atoms with Gasteiger partial charge in [-0.25, -0.2) is 14.6 Å². The number of benzene rings is 1. The second-order valence-corrected chi connectivity index (χ2v) is 9.98. The number of carbonyl (C=O) groups excluding carboxylic acids is 1. The van der Waals surface area contributed by atoms with Gasteiger partial charge in [-0.15, -0.1) is 0 Å². The number of nitrogens with zero attached hydrogens (tertiary/aromatic N) is 4. The largest absolute Gasteiger partial charge is 0.493 e. The highest BCUT2D eigenvalue weighted by Crippen LogP contribution is 2.39. The van der Waals surface area contributed by atoms with Crippen LogP contribution in [0.25, 0.3) is 23.3 Å². The van der Waals surface area contributed by atoms with E-state index in [1.165, 1.54) is 11.6 Å². The van der Waals surface area contributed by atoms with E-state index in [9.17, 15) is 14.4 Å². The van der Waals surface area contributed by atoms with E-state index in [1.807, 2.05) is 20.8 Å². The third-order valence-electron chi connectivity index (χ3n) is 5.90. The Hall–Kier alpha value is -4.22. The number of carbonyl (C=O) groups is 1. The van der Waals surface area contributed by atoms with E-state index in [1.54, 1.807) is 57.2 Å². The molecule has 0 saturated carbocycles. The summed E-state index contributed by atoms with van der Waals surface area (Å²) in [5.41, 5.74) is 0.0149. The molecule has 0 unspecified atom stereocenters. The van der Waals surface area contributed by atoms with Crippen LogP contribution in [0, 0.1) is 0 Å². The molecule has 1 amide bonds. The van der Waals surface area contributed by atoms with Crippen molar-refractivity contribution in [1.29, 1.82) is 0 Å².